The number of ether oxygens (including phenoxy) is 1. The van der Waals surface area contributed by atoms with Crippen LogP contribution in [-0.4, -0.2) is 18.3 Å². The average molecular weight is 199 g/mol. The zero-order valence-electron chi connectivity index (χ0n) is 8.03. The lowest BCUT2D eigenvalue weighted by atomic mass is 10.1. The van der Waals surface area contributed by atoms with E-state index in [0.717, 1.165) is 0 Å². The number of halogens is 1. The predicted molar refractivity (Wildman–Crippen MR) is 51.6 cm³/mol. The van der Waals surface area contributed by atoms with Gasteiger partial charge in [-0.3, -0.25) is 0 Å². The molecular weight excluding hydrogens is 185 g/mol. The molecule has 4 heteroatoms. The zero-order chi connectivity index (χ0) is 10.6. The van der Waals surface area contributed by atoms with E-state index in [1.165, 1.54) is 6.07 Å². The van der Waals surface area contributed by atoms with Gasteiger partial charge in [-0.2, -0.15) is 0 Å². The Morgan fingerprint density at radius 3 is 2.79 bits per heavy atom. The standard InChI is InChI=1S/C10H14FNO2/c1-7(12)9-3-2-8(6-10(9)11)14-5-4-13/h2-3,6-7,13H,4-5,12H2,1H3. The Balaban J connectivity index is 2.78. The maximum atomic E-state index is 13.3. The number of aliphatic hydroxyl groups excluding tert-OH is 1. The van der Waals surface area contributed by atoms with Gasteiger partial charge in [0, 0.05) is 17.7 Å². The van der Waals surface area contributed by atoms with Gasteiger partial charge in [0.05, 0.1) is 6.61 Å². The second-order valence-corrected chi connectivity index (χ2v) is 3.04. The third-order valence-corrected chi connectivity index (χ3v) is 1.82. The van der Waals surface area contributed by atoms with Crippen LogP contribution in [0.1, 0.15) is 18.5 Å². The molecule has 14 heavy (non-hydrogen) atoms. The maximum absolute atomic E-state index is 13.3. The van der Waals surface area contributed by atoms with Gasteiger partial charge in [0.1, 0.15) is 18.2 Å². The Kier molecular flexibility index (Phi) is 3.85. The lowest BCUT2D eigenvalue weighted by molar-refractivity contribution is 0.201. The molecule has 0 amide bonds. The van der Waals surface area contributed by atoms with Crippen LogP contribution >= 0.6 is 0 Å². The first-order chi connectivity index (χ1) is 6.65. The first kappa shape index (κ1) is 10.9. The van der Waals surface area contributed by atoms with Gasteiger partial charge in [0.2, 0.25) is 0 Å². The smallest absolute Gasteiger partial charge is 0.131 e. The van der Waals surface area contributed by atoms with Gasteiger partial charge in [0.15, 0.2) is 0 Å². The van der Waals surface area contributed by atoms with E-state index in [9.17, 15) is 4.39 Å². The third kappa shape index (κ3) is 2.68. The monoisotopic (exact) mass is 199 g/mol. The Morgan fingerprint density at radius 1 is 1.57 bits per heavy atom. The summed E-state index contributed by atoms with van der Waals surface area (Å²) in [5, 5.41) is 8.50. The molecule has 3 nitrogen and oxygen atoms in total. The Hall–Kier alpha value is -1.13. The van der Waals surface area contributed by atoms with E-state index < -0.39 is 0 Å². The SMILES string of the molecule is CC(N)c1ccc(OCCO)cc1F. The molecule has 1 rings (SSSR count). The van der Waals surface area contributed by atoms with Gasteiger partial charge in [0.25, 0.3) is 0 Å². The van der Waals surface area contributed by atoms with Crippen LogP contribution in [0.3, 0.4) is 0 Å². The third-order valence-electron chi connectivity index (χ3n) is 1.82. The first-order valence-corrected chi connectivity index (χ1v) is 4.44. The lowest BCUT2D eigenvalue weighted by Gasteiger charge is -2.09. The molecule has 1 unspecified atom stereocenters. The van der Waals surface area contributed by atoms with E-state index in [1.807, 2.05) is 0 Å². The molecule has 0 spiro atoms. The van der Waals surface area contributed by atoms with Crippen molar-refractivity contribution < 1.29 is 14.2 Å². The fourth-order valence-electron chi connectivity index (χ4n) is 1.13. The van der Waals surface area contributed by atoms with Crippen LogP contribution in [0.2, 0.25) is 0 Å². The highest BCUT2D eigenvalue weighted by molar-refractivity contribution is 5.30. The van der Waals surface area contributed by atoms with Crippen molar-refractivity contribution in [1.29, 1.82) is 0 Å². The fourth-order valence-corrected chi connectivity index (χ4v) is 1.13. The largest absolute Gasteiger partial charge is 0.491 e. The minimum atomic E-state index is -0.379. The van der Waals surface area contributed by atoms with Crippen LogP contribution in [0.5, 0.6) is 5.75 Å². The van der Waals surface area contributed by atoms with Crippen molar-refractivity contribution in [2.24, 2.45) is 5.73 Å². The fraction of sp³-hybridized carbons (Fsp3) is 0.400. The van der Waals surface area contributed by atoms with Crippen LogP contribution in [0.25, 0.3) is 0 Å². The van der Waals surface area contributed by atoms with Crippen LogP contribution in [0.4, 0.5) is 4.39 Å². The Morgan fingerprint density at radius 2 is 2.29 bits per heavy atom. The van der Waals surface area contributed by atoms with E-state index in [2.05, 4.69) is 0 Å². The lowest BCUT2D eigenvalue weighted by Crippen LogP contribution is -2.08. The number of benzene rings is 1. The molecule has 1 atom stereocenters. The molecule has 0 heterocycles. The topological polar surface area (TPSA) is 55.5 Å². The van der Waals surface area contributed by atoms with Crippen molar-refractivity contribution in [3.63, 3.8) is 0 Å². The molecule has 78 valence electrons. The summed E-state index contributed by atoms with van der Waals surface area (Å²) in [5.74, 6) is 0.0244. The predicted octanol–water partition coefficient (Wildman–Crippen LogP) is 1.22. The summed E-state index contributed by atoms with van der Waals surface area (Å²) in [6.07, 6.45) is 0. The second-order valence-electron chi connectivity index (χ2n) is 3.04. The van der Waals surface area contributed by atoms with Gasteiger partial charge in [-0.1, -0.05) is 6.07 Å². The number of nitrogens with two attached hydrogens (primary N) is 1. The van der Waals surface area contributed by atoms with Crippen LogP contribution < -0.4 is 10.5 Å². The molecule has 1 aromatic rings. The number of hydrogen-bond acceptors (Lipinski definition) is 3. The molecule has 0 aliphatic heterocycles. The van der Waals surface area contributed by atoms with Crippen molar-refractivity contribution >= 4 is 0 Å². The van der Waals surface area contributed by atoms with Crippen molar-refractivity contribution in [3.05, 3.63) is 29.6 Å². The van der Waals surface area contributed by atoms with Crippen molar-refractivity contribution in [2.45, 2.75) is 13.0 Å². The van der Waals surface area contributed by atoms with Crippen LogP contribution in [-0.2, 0) is 0 Å². The zero-order valence-corrected chi connectivity index (χ0v) is 8.03. The van der Waals surface area contributed by atoms with Crippen LogP contribution in [0, 0.1) is 5.82 Å². The van der Waals surface area contributed by atoms with E-state index >= 15 is 0 Å². The molecule has 0 aliphatic carbocycles. The summed E-state index contributed by atoms with van der Waals surface area (Å²) < 4.78 is 18.3. The van der Waals surface area contributed by atoms with E-state index in [1.54, 1.807) is 19.1 Å². The molecule has 0 aliphatic rings. The molecule has 0 saturated carbocycles. The van der Waals surface area contributed by atoms with E-state index in [0.29, 0.717) is 11.3 Å². The summed E-state index contributed by atoms with van der Waals surface area (Å²) in [5.41, 5.74) is 6.00. The summed E-state index contributed by atoms with van der Waals surface area (Å²) in [6.45, 7) is 1.79. The van der Waals surface area contributed by atoms with E-state index in [4.69, 9.17) is 15.6 Å². The number of hydrogen-bond donors (Lipinski definition) is 2. The molecule has 0 saturated heterocycles. The molecule has 0 bridgehead atoms. The quantitative estimate of drug-likeness (QED) is 0.766. The number of aliphatic hydroxyl groups is 1. The minimum Gasteiger partial charge on any atom is -0.491 e. The summed E-state index contributed by atoms with van der Waals surface area (Å²) in [6, 6.07) is 4.17. The van der Waals surface area contributed by atoms with Crippen molar-refractivity contribution in [3.8, 4) is 5.75 Å². The minimum absolute atomic E-state index is 0.0866. The highest BCUT2D eigenvalue weighted by atomic mass is 19.1. The normalized spacial score (nSPS) is 12.6. The number of rotatable bonds is 4. The van der Waals surface area contributed by atoms with Gasteiger partial charge < -0.3 is 15.6 Å². The highest BCUT2D eigenvalue weighted by Gasteiger charge is 2.07. The molecule has 0 aromatic heterocycles. The van der Waals surface area contributed by atoms with Crippen molar-refractivity contribution in [1.82, 2.24) is 0 Å². The molecular formula is C10H14FNO2. The summed E-state index contributed by atoms with van der Waals surface area (Å²) in [7, 11) is 0. The molecule has 1 aromatic carbocycles. The molecule has 0 fully saturated rings. The molecule has 3 N–H and O–H groups in total. The van der Waals surface area contributed by atoms with Gasteiger partial charge in [-0.05, 0) is 13.0 Å². The average Bonchev–Trinajstić information content (AvgIpc) is 2.14. The molecule has 0 radical (unpaired) electrons. The maximum Gasteiger partial charge on any atom is 0.131 e. The van der Waals surface area contributed by atoms with Gasteiger partial charge >= 0.3 is 0 Å². The van der Waals surface area contributed by atoms with Crippen LogP contribution in [0.15, 0.2) is 18.2 Å². The van der Waals surface area contributed by atoms with E-state index in [-0.39, 0.29) is 25.1 Å². The summed E-state index contributed by atoms with van der Waals surface area (Å²) >= 11 is 0. The van der Waals surface area contributed by atoms with Gasteiger partial charge in [-0.25, -0.2) is 4.39 Å². The van der Waals surface area contributed by atoms with Gasteiger partial charge in [-0.15, -0.1) is 0 Å². The second kappa shape index (κ2) is 4.93. The Labute approximate surface area is 82.3 Å². The first-order valence-electron chi connectivity index (χ1n) is 4.44. The highest BCUT2D eigenvalue weighted by Crippen LogP contribution is 2.20. The van der Waals surface area contributed by atoms with Crippen molar-refractivity contribution in [2.75, 3.05) is 13.2 Å². The Bertz CT molecular complexity index is 302. The summed E-state index contributed by atoms with van der Waals surface area (Å²) in [4.78, 5) is 0.